The topological polar surface area (TPSA) is 324 Å². The highest BCUT2D eigenvalue weighted by Gasteiger charge is 2.23. The maximum atomic E-state index is 10.9. The fraction of sp³-hybridized carbons (Fsp3) is 0.833. The van der Waals surface area contributed by atoms with Crippen LogP contribution in [0.25, 0.3) is 0 Å². The van der Waals surface area contributed by atoms with Crippen LogP contribution in [0.1, 0.15) is 54.9 Å². The first-order chi connectivity index (χ1) is 20.7. The van der Waals surface area contributed by atoms with Gasteiger partial charge in [-0.25, -0.2) is 0 Å². The normalized spacial score (nSPS) is 12.6. The van der Waals surface area contributed by atoms with Crippen molar-refractivity contribution >= 4 is 76.9 Å². The van der Waals surface area contributed by atoms with E-state index in [-0.39, 0.29) is 83.4 Å². The average molecular weight is 836 g/mol. The van der Waals surface area contributed by atoms with Gasteiger partial charge in [0.15, 0.2) is 5.92 Å². The van der Waals surface area contributed by atoms with E-state index in [9.17, 15) is 29.0 Å². The molecule has 0 saturated heterocycles. The zero-order valence-electron chi connectivity index (χ0n) is 28.9. The first kappa shape index (κ1) is 61.5. The molecule has 0 radical (unpaired) electrons. The lowest BCUT2D eigenvalue weighted by molar-refractivity contribution is -0.204. The number of aliphatic hydroxyl groups is 2. The second kappa shape index (κ2) is 39.7. The molecule has 18 nitrogen and oxygen atoms in total. The maximum Gasteiger partial charge on any atom is 0.320 e. The lowest BCUT2D eigenvalue weighted by Crippen LogP contribution is -2.25. The summed E-state index contributed by atoms with van der Waals surface area (Å²) in [5, 5.41) is 16.3. The third-order valence-corrected chi connectivity index (χ3v) is 5.43. The summed E-state index contributed by atoms with van der Waals surface area (Å²) >= 11 is 11.1. The standard InChI is InChI=1S/C8H14O4.C7H12O4.C4H12O6P2S2.C4H10O2.CH3Br.2H3N/c1-4-11-7(9)6(3)8(10)12-5-2;1-3-10-6(8)5-7(9)11-4-2;1-4(2-9-11(5,6)13)3-10-12(7,8)14;1-4(2-5)3-6;1-2;;/h6H,4-5H2,1-3H3;3-5H2,1-2H3;4H,2-3H2,1H3,(H2,5,6,13)(H2,7,8,14);4-6H,2-3H2,1H3;1H3;2*1H3. The molecule has 0 aliphatic carbocycles. The van der Waals surface area contributed by atoms with Crippen LogP contribution in [0.2, 0.25) is 0 Å². The number of rotatable bonds is 16. The summed E-state index contributed by atoms with van der Waals surface area (Å²) in [7, 11) is 0. The first-order valence-electron chi connectivity index (χ1n) is 13.3. The molecule has 0 aromatic rings. The Kier molecular flexibility index (Phi) is 51.9. The molecule has 0 heterocycles. The number of hydrogen-bond acceptors (Lipinski definition) is 16. The van der Waals surface area contributed by atoms with Gasteiger partial charge in [-0.05, 0) is 40.5 Å². The second-order valence-electron chi connectivity index (χ2n) is 8.12. The van der Waals surface area contributed by atoms with Gasteiger partial charge in [0.1, 0.15) is 19.9 Å². The lowest BCUT2D eigenvalue weighted by atomic mass is 10.2. The highest BCUT2D eigenvalue weighted by Crippen LogP contribution is 2.34. The number of hydrogen-bond donors (Lipinski definition) is 6. The van der Waals surface area contributed by atoms with Gasteiger partial charge in [0, 0.05) is 25.0 Å². The molecule has 0 rings (SSSR count). The molecule has 0 aliphatic heterocycles. The van der Waals surface area contributed by atoms with Gasteiger partial charge >= 0.3 is 23.9 Å². The van der Waals surface area contributed by atoms with Gasteiger partial charge in [0.2, 0.25) is 0 Å². The molecule has 0 bridgehead atoms. The molecule has 0 aliphatic rings. The van der Waals surface area contributed by atoms with Gasteiger partial charge in [0.05, 0.1) is 39.6 Å². The summed E-state index contributed by atoms with van der Waals surface area (Å²) in [6.07, 6.45) is -0.290. The molecule has 12 N–H and O–H groups in total. The smallest absolute Gasteiger partial charge is 0.320 e. The van der Waals surface area contributed by atoms with E-state index in [1.54, 1.807) is 41.5 Å². The van der Waals surface area contributed by atoms with Gasteiger partial charge in [-0.15, -0.1) is 0 Å². The van der Waals surface area contributed by atoms with E-state index in [0.29, 0.717) is 0 Å². The number of quaternary nitrogens is 2. The Hall–Kier alpha value is -0.740. The number of esters is 4. The van der Waals surface area contributed by atoms with Gasteiger partial charge < -0.3 is 70.1 Å². The summed E-state index contributed by atoms with van der Waals surface area (Å²) < 4.78 is 27.1. The Morgan fingerprint density at radius 2 is 0.936 bits per heavy atom. The summed E-state index contributed by atoms with van der Waals surface area (Å²) in [5.41, 5.74) is 0. The number of aliphatic hydroxyl groups excluding tert-OH is 2. The largest absolute Gasteiger partial charge is 0.780 e. The fourth-order valence-electron chi connectivity index (χ4n) is 1.72. The third kappa shape index (κ3) is 55.0. The highest BCUT2D eigenvalue weighted by molar-refractivity contribution is 9.08. The van der Waals surface area contributed by atoms with E-state index in [0.717, 1.165) is 0 Å². The second-order valence-corrected chi connectivity index (χ2v) is 13.3. The Morgan fingerprint density at radius 1 is 0.660 bits per heavy atom. The molecule has 2 unspecified atom stereocenters. The Balaban J connectivity index is -0.0000000904. The number of alkyl halides is 1. The number of halogens is 1. The number of ether oxygens (including phenoxy) is 4. The lowest BCUT2D eigenvalue weighted by Gasteiger charge is -2.25. The Bertz CT molecular complexity index is 805. The molecule has 23 heteroatoms. The van der Waals surface area contributed by atoms with Crippen LogP contribution in [0.3, 0.4) is 0 Å². The number of carbonyl (C=O) groups excluding carboxylic acids is 4. The third-order valence-electron chi connectivity index (χ3n) is 3.85. The van der Waals surface area contributed by atoms with Gasteiger partial charge in [-0.1, -0.05) is 53.4 Å². The van der Waals surface area contributed by atoms with Crippen molar-refractivity contribution in [1.29, 1.82) is 0 Å². The quantitative estimate of drug-likeness (QED) is 0.0421. The molecule has 0 amide bonds. The van der Waals surface area contributed by atoms with Crippen LogP contribution in [-0.2, 0) is 70.8 Å². The van der Waals surface area contributed by atoms with Crippen molar-refractivity contribution in [1.82, 2.24) is 12.3 Å². The molecule has 0 spiro atoms. The highest BCUT2D eigenvalue weighted by atomic mass is 79.9. The van der Waals surface area contributed by atoms with E-state index >= 15 is 0 Å². The van der Waals surface area contributed by atoms with Crippen molar-refractivity contribution in [2.45, 2.75) is 54.9 Å². The molecule has 0 aromatic carbocycles. The Morgan fingerprint density at radius 3 is 1.13 bits per heavy atom. The predicted octanol–water partition coefficient (Wildman–Crippen LogP) is 1.43. The molecule has 0 saturated carbocycles. The SMILES string of the molecule is CBr.CC(CO)CO.CC(COP([O-])(O)=S)COP([O-])(O)=S.CCOC(=O)C(C)C(=O)OCC.CCOC(=O)CC(=O)OCC.[NH4+].[NH4+]. The van der Waals surface area contributed by atoms with Gasteiger partial charge in [-0.3, -0.25) is 19.2 Å². The van der Waals surface area contributed by atoms with Crippen molar-refractivity contribution in [3.63, 3.8) is 0 Å². The van der Waals surface area contributed by atoms with Crippen molar-refractivity contribution in [3.8, 4) is 0 Å². The van der Waals surface area contributed by atoms with E-state index in [1.165, 1.54) is 6.92 Å². The summed E-state index contributed by atoms with van der Waals surface area (Å²) in [5.74, 6) is -1.44. The first-order valence-corrected chi connectivity index (χ1v) is 20.1. The minimum absolute atomic E-state index is 0. The molecule has 0 fully saturated rings. The van der Waals surface area contributed by atoms with Crippen molar-refractivity contribution in [3.05, 3.63) is 0 Å². The van der Waals surface area contributed by atoms with Crippen LogP contribution in [-0.4, -0.2) is 103 Å². The molecule has 2 atom stereocenters. The molecular formula is C24H57BrN2O16P2S2. The van der Waals surface area contributed by atoms with Gasteiger partial charge in [-0.2, -0.15) is 0 Å². The summed E-state index contributed by atoms with van der Waals surface area (Å²) in [4.78, 5) is 81.2. The minimum Gasteiger partial charge on any atom is -0.780 e. The molecule has 0 aromatic heterocycles. The predicted molar refractivity (Wildman–Crippen MR) is 185 cm³/mol. The number of carbonyl (C=O) groups is 4. The van der Waals surface area contributed by atoms with E-state index in [4.69, 9.17) is 20.0 Å². The van der Waals surface area contributed by atoms with Gasteiger partial charge in [0.25, 0.3) is 0 Å². The van der Waals surface area contributed by atoms with E-state index < -0.39 is 43.2 Å². The zero-order chi connectivity index (χ0) is 36.6. The fourth-order valence-corrected chi connectivity index (χ4v) is 2.97. The van der Waals surface area contributed by atoms with E-state index in [1.807, 2.05) is 5.83 Å². The van der Waals surface area contributed by atoms with E-state index in [2.05, 4.69) is 67.5 Å². The maximum absolute atomic E-state index is 10.9. The average Bonchev–Trinajstić information content (AvgIpc) is 2.96. The summed E-state index contributed by atoms with van der Waals surface area (Å²) in [6.45, 7) is 4.79. The molecule has 47 heavy (non-hydrogen) atoms. The van der Waals surface area contributed by atoms with Crippen LogP contribution in [0.5, 0.6) is 0 Å². The van der Waals surface area contributed by atoms with Crippen LogP contribution in [0.4, 0.5) is 0 Å². The van der Waals surface area contributed by atoms with Crippen LogP contribution in [0.15, 0.2) is 0 Å². The zero-order valence-corrected chi connectivity index (χ0v) is 33.9. The Labute approximate surface area is 296 Å². The van der Waals surface area contributed by atoms with Crippen LogP contribution in [0, 0.1) is 17.8 Å². The van der Waals surface area contributed by atoms with Crippen LogP contribution >= 0.6 is 29.4 Å². The monoisotopic (exact) mass is 834 g/mol. The van der Waals surface area contributed by atoms with Crippen molar-refractivity contribution < 1.29 is 77.0 Å². The molecule has 288 valence electrons. The summed E-state index contributed by atoms with van der Waals surface area (Å²) in [6, 6.07) is 0. The molecular weight excluding hydrogens is 778 g/mol. The van der Waals surface area contributed by atoms with Crippen molar-refractivity contribution in [2.24, 2.45) is 17.8 Å². The van der Waals surface area contributed by atoms with Crippen LogP contribution < -0.4 is 22.1 Å². The van der Waals surface area contributed by atoms with Crippen molar-refractivity contribution in [2.75, 3.05) is 58.7 Å². The minimum atomic E-state index is -3.91.